The highest BCUT2D eigenvalue weighted by Gasteiger charge is 2.12. The van der Waals surface area contributed by atoms with Crippen LogP contribution in [0.2, 0.25) is 5.02 Å². The predicted octanol–water partition coefficient (Wildman–Crippen LogP) is 4.14. The fourth-order valence-corrected chi connectivity index (χ4v) is 2.97. The molecule has 0 aliphatic heterocycles. The molecule has 0 aliphatic rings. The monoisotopic (exact) mass is 325 g/mol. The van der Waals surface area contributed by atoms with Crippen molar-refractivity contribution in [2.24, 2.45) is 0 Å². The van der Waals surface area contributed by atoms with E-state index in [9.17, 15) is 0 Å². The molecular formula is C16H20ClNO2S. The van der Waals surface area contributed by atoms with E-state index in [2.05, 4.69) is 29.1 Å². The summed E-state index contributed by atoms with van der Waals surface area (Å²) in [5, 5.41) is 8.17. The van der Waals surface area contributed by atoms with E-state index in [0.717, 1.165) is 24.3 Å². The molecule has 0 spiro atoms. The van der Waals surface area contributed by atoms with Crippen molar-refractivity contribution < 1.29 is 9.47 Å². The van der Waals surface area contributed by atoms with E-state index >= 15 is 0 Å². The highest BCUT2D eigenvalue weighted by atomic mass is 35.5. The summed E-state index contributed by atoms with van der Waals surface area (Å²) in [4.78, 5) is 0. The number of methoxy groups -OCH3 is 1. The van der Waals surface area contributed by atoms with Crippen LogP contribution in [0, 0.1) is 0 Å². The molecule has 2 rings (SSSR count). The maximum absolute atomic E-state index is 6.13. The van der Waals surface area contributed by atoms with Gasteiger partial charge in [-0.15, -0.1) is 0 Å². The van der Waals surface area contributed by atoms with Crippen molar-refractivity contribution in [3.8, 4) is 11.5 Å². The molecule has 0 saturated heterocycles. The second-order valence-corrected chi connectivity index (χ2v) is 5.82. The predicted molar refractivity (Wildman–Crippen MR) is 88.9 cm³/mol. The van der Waals surface area contributed by atoms with Crippen LogP contribution in [-0.4, -0.2) is 20.3 Å². The Hall–Kier alpha value is -1.23. The fourth-order valence-electron chi connectivity index (χ4n) is 2.03. The molecule has 3 nitrogen and oxygen atoms in total. The summed E-state index contributed by atoms with van der Waals surface area (Å²) in [6.07, 6.45) is 0.885. The number of nitrogens with one attached hydrogen (secondary N) is 1. The molecule has 114 valence electrons. The smallest absolute Gasteiger partial charge is 0.165 e. The second-order valence-electron chi connectivity index (χ2n) is 4.61. The number of hydrogen-bond acceptors (Lipinski definition) is 4. The Morgan fingerprint density at radius 3 is 2.86 bits per heavy atom. The largest absolute Gasteiger partial charge is 0.493 e. The van der Waals surface area contributed by atoms with E-state index < -0.39 is 0 Å². The van der Waals surface area contributed by atoms with Crippen molar-refractivity contribution in [1.29, 1.82) is 0 Å². The van der Waals surface area contributed by atoms with Crippen molar-refractivity contribution in [3.05, 3.63) is 45.1 Å². The van der Waals surface area contributed by atoms with Gasteiger partial charge in [0.15, 0.2) is 11.5 Å². The average Bonchev–Trinajstić information content (AvgIpc) is 2.99. The summed E-state index contributed by atoms with van der Waals surface area (Å²) in [6.45, 7) is 4.29. The molecule has 0 amide bonds. The van der Waals surface area contributed by atoms with Crippen molar-refractivity contribution in [3.63, 3.8) is 0 Å². The van der Waals surface area contributed by atoms with E-state index in [0.29, 0.717) is 23.9 Å². The van der Waals surface area contributed by atoms with E-state index in [1.807, 2.05) is 6.07 Å². The number of hydrogen-bond donors (Lipinski definition) is 1. The molecule has 0 radical (unpaired) electrons. The number of ether oxygens (including phenoxy) is 2. The first-order valence-electron chi connectivity index (χ1n) is 6.95. The normalized spacial score (nSPS) is 10.6. The van der Waals surface area contributed by atoms with Crippen LogP contribution in [0.15, 0.2) is 29.0 Å². The van der Waals surface area contributed by atoms with Gasteiger partial charge < -0.3 is 14.8 Å². The molecule has 0 aliphatic carbocycles. The van der Waals surface area contributed by atoms with Gasteiger partial charge in [0.1, 0.15) is 0 Å². The Bertz CT molecular complexity index is 558. The minimum absolute atomic E-state index is 0.619. The van der Waals surface area contributed by atoms with Crippen LogP contribution in [0.5, 0.6) is 11.5 Å². The molecule has 0 saturated carbocycles. The lowest BCUT2D eigenvalue weighted by atomic mass is 10.1. The van der Waals surface area contributed by atoms with Crippen LogP contribution < -0.4 is 14.8 Å². The molecule has 5 heteroatoms. The molecule has 0 bridgehead atoms. The van der Waals surface area contributed by atoms with Gasteiger partial charge in [-0.1, -0.05) is 18.5 Å². The molecular weight excluding hydrogens is 306 g/mol. The van der Waals surface area contributed by atoms with Crippen molar-refractivity contribution in [2.75, 3.05) is 20.3 Å². The third-order valence-corrected chi connectivity index (χ3v) is 4.05. The van der Waals surface area contributed by atoms with E-state index in [1.165, 1.54) is 5.56 Å². The van der Waals surface area contributed by atoms with Crippen LogP contribution in [0.1, 0.15) is 18.1 Å². The number of benzene rings is 1. The van der Waals surface area contributed by atoms with Gasteiger partial charge >= 0.3 is 0 Å². The Labute approximate surface area is 134 Å². The van der Waals surface area contributed by atoms with Crippen LogP contribution >= 0.6 is 22.9 Å². The molecule has 21 heavy (non-hydrogen) atoms. The third-order valence-electron chi connectivity index (χ3n) is 3.10. The van der Waals surface area contributed by atoms with E-state index in [-0.39, 0.29) is 0 Å². The quantitative estimate of drug-likeness (QED) is 0.791. The lowest BCUT2D eigenvalue weighted by Gasteiger charge is -2.16. The van der Waals surface area contributed by atoms with Gasteiger partial charge in [0.05, 0.1) is 13.7 Å². The number of halogens is 1. The molecule has 1 aromatic carbocycles. The van der Waals surface area contributed by atoms with E-state index in [4.69, 9.17) is 21.1 Å². The van der Waals surface area contributed by atoms with Gasteiger partial charge in [-0.3, -0.25) is 0 Å². The van der Waals surface area contributed by atoms with Crippen molar-refractivity contribution >= 4 is 22.9 Å². The molecule has 0 fully saturated rings. The highest BCUT2D eigenvalue weighted by Crippen LogP contribution is 2.34. The Morgan fingerprint density at radius 1 is 1.33 bits per heavy atom. The Kier molecular flexibility index (Phi) is 6.36. The zero-order valence-corrected chi connectivity index (χ0v) is 13.9. The summed E-state index contributed by atoms with van der Waals surface area (Å²) >= 11 is 7.83. The molecule has 2 aromatic rings. The topological polar surface area (TPSA) is 30.5 Å². The standard InChI is InChI=1S/C16H20ClNO2S/c1-3-18-10-13-8-14(17)9-15(19-2)16(13)20-6-4-12-5-7-21-11-12/h5,7-9,11,18H,3-4,6,10H2,1-2H3. The van der Waals surface area contributed by atoms with Gasteiger partial charge in [-0.2, -0.15) is 11.3 Å². The second kappa shape index (κ2) is 8.27. The molecule has 1 N–H and O–H groups in total. The average molecular weight is 326 g/mol. The van der Waals surface area contributed by atoms with Gasteiger partial charge in [-0.05, 0) is 35.0 Å². The van der Waals surface area contributed by atoms with Crippen LogP contribution in [0.3, 0.4) is 0 Å². The summed E-state index contributed by atoms with van der Waals surface area (Å²) in [5.74, 6) is 1.46. The number of rotatable bonds is 8. The van der Waals surface area contributed by atoms with Crippen LogP contribution in [0.25, 0.3) is 0 Å². The molecule has 0 unspecified atom stereocenters. The highest BCUT2D eigenvalue weighted by molar-refractivity contribution is 7.07. The van der Waals surface area contributed by atoms with Crippen molar-refractivity contribution in [2.45, 2.75) is 19.9 Å². The molecule has 0 atom stereocenters. The van der Waals surface area contributed by atoms with Crippen molar-refractivity contribution in [1.82, 2.24) is 5.32 Å². The van der Waals surface area contributed by atoms with Crippen LogP contribution in [-0.2, 0) is 13.0 Å². The summed E-state index contributed by atoms with van der Waals surface area (Å²) in [5.41, 5.74) is 2.31. The minimum atomic E-state index is 0.619. The van der Waals surface area contributed by atoms with Gasteiger partial charge in [0, 0.05) is 29.6 Å². The number of thiophene rings is 1. The van der Waals surface area contributed by atoms with Gasteiger partial charge in [-0.25, -0.2) is 0 Å². The molecule has 1 aromatic heterocycles. The fraction of sp³-hybridized carbons (Fsp3) is 0.375. The zero-order chi connectivity index (χ0) is 15.1. The summed E-state index contributed by atoms with van der Waals surface area (Å²) in [6, 6.07) is 5.83. The summed E-state index contributed by atoms with van der Waals surface area (Å²) in [7, 11) is 1.63. The minimum Gasteiger partial charge on any atom is -0.493 e. The summed E-state index contributed by atoms with van der Waals surface area (Å²) < 4.78 is 11.4. The lowest BCUT2D eigenvalue weighted by molar-refractivity contribution is 0.294. The first-order chi connectivity index (χ1) is 10.2. The Balaban J connectivity index is 2.10. The van der Waals surface area contributed by atoms with Crippen LogP contribution in [0.4, 0.5) is 0 Å². The maximum Gasteiger partial charge on any atom is 0.165 e. The first kappa shape index (κ1) is 16.1. The molecule has 1 heterocycles. The van der Waals surface area contributed by atoms with E-state index in [1.54, 1.807) is 24.5 Å². The zero-order valence-electron chi connectivity index (χ0n) is 12.3. The lowest BCUT2D eigenvalue weighted by Crippen LogP contribution is -2.14. The third kappa shape index (κ3) is 4.63. The maximum atomic E-state index is 6.13. The first-order valence-corrected chi connectivity index (χ1v) is 8.27. The van der Waals surface area contributed by atoms with Gasteiger partial charge in [0.2, 0.25) is 0 Å². The SMILES string of the molecule is CCNCc1cc(Cl)cc(OC)c1OCCc1ccsc1. The Morgan fingerprint density at radius 2 is 2.19 bits per heavy atom. The van der Waals surface area contributed by atoms with Gasteiger partial charge in [0.25, 0.3) is 0 Å².